The quantitative estimate of drug-likeness (QED) is 0.285. The molecule has 0 aliphatic heterocycles. The van der Waals surface area contributed by atoms with Gasteiger partial charge >= 0.3 is 0 Å². The van der Waals surface area contributed by atoms with Gasteiger partial charge in [0, 0.05) is 27.0 Å². The fraction of sp³-hybridized carbons (Fsp3) is 0.167. The molecule has 0 fully saturated rings. The molecule has 11 heteroatoms. The Morgan fingerprint density at radius 3 is 2.40 bits per heavy atom. The third-order valence-corrected chi connectivity index (χ3v) is 6.92. The summed E-state index contributed by atoms with van der Waals surface area (Å²) < 4.78 is 5.86. The average Bonchev–Trinajstić information content (AvgIpc) is 3.28. The molecule has 1 atom stereocenters. The van der Waals surface area contributed by atoms with E-state index in [-0.39, 0.29) is 18.5 Å². The molecule has 0 spiro atoms. The van der Waals surface area contributed by atoms with E-state index in [1.165, 1.54) is 16.6 Å². The molecule has 1 aromatic heterocycles. The third-order valence-electron chi connectivity index (χ3n) is 4.94. The highest BCUT2D eigenvalue weighted by molar-refractivity contribution is 8.00. The Morgan fingerprint density at radius 1 is 1.03 bits per heavy atom. The summed E-state index contributed by atoms with van der Waals surface area (Å²) in [5.74, 6) is 0.644. The van der Waals surface area contributed by atoms with Crippen molar-refractivity contribution >= 4 is 46.8 Å². The van der Waals surface area contributed by atoms with Crippen molar-refractivity contribution in [3.05, 3.63) is 94.0 Å². The number of halogens is 2. The van der Waals surface area contributed by atoms with Crippen LogP contribution in [-0.4, -0.2) is 32.7 Å². The van der Waals surface area contributed by atoms with Crippen molar-refractivity contribution in [2.24, 2.45) is 0 Å². The van der Waals surface area contributed by atoms with Crippen LogP contribution in [0.5, 0.6) is 5.75 Å². The van der Waals surface area contributed by atoms with Crippen molar-refractivity contribution in [3.8, 4) is 5.75 Å². The SMILES string of the molecule is Nc1nnn(CCNC(=O)C(Sc2ccc(OCc3c(Cl)cccc3Cl)cc2)c2ccccc2)n1. The number of carbonyl (C=O) groups excluding carboxylic acids is 1. The minimum Gasteiger partial charge on any atom is -0.489 e. The topological polar surface area (TPSA) is 108 Å². The monoisotopic (exact) mass is 528 g/mol. The van der Waals surface area contributed by atoms with E-state index in [2.05, 4.69) is 20.7 Å². The highest BCUT2D eigenvalue weighted by Crippen LogP contribution is 2.36. The number of rotatable bonds is 10. The Hall–Kier alpha value is -3.27. The molecule has 1 heterocycles. The van der Waals surface area contributed by atoms with E-state index in [1.54, 1.807) is 18.2 Å². The van der Waals surface area contributed by atoms with E-state index >= 15 is 0 Å². The van der Waals surface area contributed by atoms with Crippen LogP contribution in [0.25, 0.3) is 0 Å². The highest BCUT2D eigenvalue weighted by atomic mass is 35.5. The van der Waals surface area contributed by atoms with E-state index < -0.39 is 5.25 Å². The number of nitrogens with zero attached hydrogens (tertiary/aromatic N) is 4. The summed E-state index contributed by atoms with van der Waals surface area (Å²) in [5, 5.41) is 15.0. The van der Waals surface area contributed by atoms with Crippen molar-refractivity contribution in [2.75, 3.05) is 12.3 Å². The Labute approximate surface area is 216 Å². The Bertz CT molecular complexity index is 1250. The van der Waals surface area contributed by atoms with E-state index in [0.717, 1.165) is 16.0 Å². The van der Waals surface area contributed by atoms with Gasteiger partial charge in [0.15, 0.2) is 0 Å². The van der Waals surface area contributed by atoms with E-state index in [1.807, 2.05) is 54.6 Å². The zero-order valence-electron chi connectivity index (χ0n) is 18.5. The van der Waals surface area contributed by atoms with Gasteiger partial charge in [-0.2, -0.15) is 4.80 Å². The van der Waals surface area contributed by atoms with Gasteiger partial charge in [-0.25, -0.2) is 0 Å². The predicted molar refractivity (Wildman–Crippen MR) is 138 cm³/mol. The third kappa shape index (κ3) is 6.88. The number of benzene rings is 3. The van der Waals surface area contributed by atoms with Crippen LogP contribution in [0, 0.1) is 0 Å². The molecule has 0 bridgehead atoms. The number of thioether (sulfide) groups is 1. The van der Waals surface area contributed by atoms with E-state index in [4.69, 9.17) is 33.7 Å². The summed E-state index contributed by atoms with van der Waals surface area (Å²) in [6, 6.07) is 22.5. The van der Waals surface area contributed by atoms with Crippen molar-refractivity contribution in [1.29, 1.82) is 0 Å². The molecule has 3 aromatic carbocycles. The maximum atomic E-state index is 13.1. The maximum Gasteiger partial charge on any atom is 0.260 e. The number of hydrogen-bond donors (Lipinski definition) is 2. The lowest BCUT2D eigenvalue weighted by Gasteiger charge is -2.17. The van der Waals surface area contributed by atoms with Crippen LogP contribution >= 0.6 is 35.0 Å². The average molecular weight is 529 g/mol. The number of anilines is 1. The molecule has 4 aromatic rings. The molecule has 35 heavy (non-hydrogen) atoms. The molecule has 180 valence electrons. The first-order valence-electron chi connectivity index (χ1n) is 10.7. The first-order valence-corrected chi connectivity index (χ1v) is 12.3. The fourth-order valence-corrected chi connectivity index (χ4v) is 4.75. The van der Waals surface area contributed by atoms with Crippen LogP contribution in [0.3, 0.4) is 0 Å². The number of tetrazole rings is 1. The van der Waals surface area contributed by atoms with Gasteiger partial charge in [-0.3, -0.25) is 4.79 Å². The molecule has 0 radical (unpaired) electrons. The van der Waals surface area contributed by atoms with Gasteiger partial charge < -0.3 is 15.8 Å². The zero-order chi connectivity index (χ0) is 24.6. The van der Waals surface area contributed by atoms with Crippen molar-refractivity contribution in [1.82, 2.24) is 25.5 Å². The van der Waals surface area contributed by atoms with E-state index in [0.29, 0.717) is 28.9 Å². The van der Waals surface area contributed by atoms with Gasteiger partial charge in [0.05, 0.1) is 6.54 Å². The Morgan fingerprint density at radius 2 is 1.74 bits per heavy atom. The summed E-state index contributed by atoms with van der Waals surface area (Å²) in [6.45, 7) is 0.964. The summed E-state index contributed by atoms with van der Waals surface area (Å²) in [5.41, 5.74) is 7.11. The Balaban J connectivity index is 1.39. The highest BCUT2D eigenvalue weighted by Gasteiger charge is 2.22. The number of ether oxygens (including phenoxy) is 1. The molecule has 1 amide bonds. The maximum absolute atomic E-state index is 13.1. The van der Waals surface area contributed by atoms with Gasteiger partial charge in [0.1, 0.15) is 17.6 Å². The number of amides is 1. The fourth-order valence-electron chi connectivity index (χ4n) is 3.20. The second-order valence-corrected chi connectivity index (χ2v) is 9.40. The van der Waals surface area contributed by atoms with Gasteiger partial charge in [-0.05, 0) is 47.2 Å². The number of aromatic nitrogens is 4. The van der Waals surface area contributed by atoms with Crippen LogP contribution in [0.1, 0.15) is 16.4 Å². The molecule has 4 rings (SSSR count). The van der Waals surface area contributed by atoms with Crippen molar-refractivity contribution in [2.45, 2.75) is 23.3 Å². The normalized spacial score (nSPS) is 11.7. The number of hydrogen-bond acceptors (Lipinski definition) is 7. The molecular weight excluding hydrogens is 507 g/mol. The lowest BCUT2D eigenvalue weighted by atomic mass is 10.1. The molecule has 0 saturated heterocycles. The van der Waals surface area contributed by atoms with Gasteiger partial charge in [0.2, 0.25) is 5.91 Å². The molecule has 1 unspecified atom stereocenters. The molecule has 0 saturated carbocycles. The molecular formula is C24H22Cl2N6O2S. The summed E-state index contributed by atoms with van der Waals surface area (Å²) in [4.78, 5) is 15.3. The lowest BCUT2D eigenvalue weighted by Crippen LogP contribution is -2.31. The smallest absolute Gasteiger partial charge is 0.260 e. The predicted octanol–water partition coefficient (Wildman–Crippen LogP) is 4.79. The summed E-state index contributed by atoms with van der Waals surface area (Å²) in [7, 11) is 0. The second-order valence-electron chi connectivity index (χ2n) is 7.40. The van der Waals surface area contributed by atoms with Crippen LogP contribution in [0.4, 0.5) is 5.95 Å². The lowest BCUT2D eigenvalue weighted by molar-refractivity contribution is -0.120. The minimum atomic E-state index is -0.446. The van der Waals surface area contributed by atoms with Crippen LogP contribution in [-0.2, 0) is 17.9 Å². The van der Waals surface area contributed by atoms with E-state index in [9.17, 15) is 4.79 Å². The molecule has 8 nitrogen and oxygen atoms in total. The number of nitrogens with two attached hydrogens (primary N) is 1. The zero-order valence-corrected chi connectivity index (χ0v) is 20.8. The van der Waals surface area contributed by atoms with Crippen LogP contribution in [0.2, 0.25) is 10.0 Å². The van der Waals surface area contributed by atoms with Crippen molar-refractivity contribution in [3.63, 3.8) is 0 Å². The van der Waals surface area contributed by atoms with Crippen LogP contribution in [0.15, 0.2) is 77.7 Å². The largest absolute Gasteiger partial charge is 0.489 e. The molecule has 0 aliphatic rings. The Kier molecular flexibility index (Phi) is 8.46. The first-order chi connectivity index (χ1) is 17.0. The van der Waals surface area contributed by atoms with Gasteiger partial charge in [-0.1, -0.05) is 64.7 Å². The molecule has 0 aliphatic carbocycles. The number of nitrogen functional groups attached to an aromatic ring is 1. The van der Waals surface area contributed by atoms with Crippen LogP contribution < -0.4 is 15.8 Å². The molecule has 3 N–H and O–H groups in total. The number of nitrogens with one attached hydrogen (secondary N) is 1. The second kappa shape index (κ2) is 11.9. The van der Waals surface area contributed by atoms with Gasteiger partial charge in [0.25, 0.3) is 5.95 Å². The minimum absolute atomic E-state index is 0.0939. The van der Waals surface area contributed by atoms with Crippen molar-refractivity contribution < 1.29 is 9.53 Å². The standard InChI is InChI=1S/C24H22Cl2N6O2S/c25-20-7-4-8-21(26)19(20)15-34-17-9-11-18(12-10-17)35-22(16-5-2-1-3-6-16)23(33)28-13-14-32-30-24(27)29-31-32/h1-12,22H,13-15H2,(H2,27,30)(H,28,33). The summed E-state index contributed by atoms with van der Waals surface area (Å²) in [6.07, 6.45) is 0. The van der Waals surface area contributed by atoms with Gasteiger partial charge in [-0.15, -0.1) is 16.9 Å². The first kappa shape index (κ1) is 24.8. The number of carbonyl (C=O) groups is 1. The summed E-state index contributed by atoms with van der Waals surface area (Å²) >= 11 is 13.9.